The average Bonchev–Trinajstić information content (AvgIpc) is 2.41. The molecule has 0 spiro atoms. The van der Waals surface area contributed by atoms with Crippen molar-refractivity contribution in [2.75, 3.05) is 0 Å². The lowest BCUT2D eigenvalue weighted by Gasteiger charge is -1.99. The lowest BCUT2D eigenvalue weighted by atomic mass is 10.2. The van der Waals surface area contributed by atoms with Crippen LogP contribution in [0.3, 0.4) is 0 Å². The van der Waals surface area contributed by atoms with Gasteiger partial charge in [0.1, 0.15) is 5.56 Å². The first-order chi connectivity index (χ1) is 8.25. The quantitative estimate of drug-likeness (QED) is 0.617. The molecule has 0 aliphatic heterocycles. The van der Waals surface area contributed by atoms with Crippen LogP contribution in [0, 0.1) is 0 Å². The van der Waals surface area contributed by atoms with E-state index in [0.29, 0.717) is 0 Å². The number of hydrogen-bond acceptors (Lipinski definition) is 3. The van der Waals surface area contributed by atoms with Crippen molar-refractivity contribution in [1.82, 2.24) is 0 Å². The highest BCUT2D eigenvalue weighted by molar-refractivity contribution is 5.90. The molecule has 2 aromatic carbocycles. The van der Waals surface area contributed by atoms with Gasteiger partial charge in [0.2, 0.25) is 0 Å². The van der Waals surface area contributed by atoms with Crippen molar-refractivity contribution in [3.63, 3.8) is 0 Å². The van der Waals surface area contributed by atoms with E-state index >= 15 is 0 Å². The summed E-state index contributed by atoms with van der Waals surface area (Å²) in [6.07, 6.45) is 0. The lowest BCUT2D eigenvalue weighted by molar-refractivity contribution is -0.138. The number of benzene rings is 2. The van der Waals surface area contributed by atoms with E-state index in [1.807, 2.05) is 36.4 Å². The maximum Gasteiger partial charge on any atom is 0.339 e. The zero-order chi connectivity index (χ0) is 12.5. The molecule has 0 unspecified atom stereocenters. The fourth-order valence-corrected chi connectivity index (χ4v) is 1.11. The lowest BCUT2D eigenvalue weighted by Crippen LogP contribution is -1.99. The molecule has 0 heterocycles. The summed E-state index contributed by atoms with van der Waals surface area (Å²) in [5.74, 6) is -1.19. The first-order valence-corrected chi connectivity index (χ1v) is 4.89. The zero-order valence-corrected chi connectivity index (χ0v) is 8.98. The maximum atomic E-state index is 10.4. The van der Waals surface area contributed by atoms with E-state index in [1.54, 1.807) is 12.1 Å². The minimum Gasteiger partial charge on any atom is -0.478 e. The summed E-state index contributed by atoms with van der Waals surface area (Å²) in [4.78, 5) is 14.2. The highest BCUT2D eigenvalue weighted by Crippen LogP contribution is 2.16. The Morgan fingerprint density at radius 3 is 1.71 bits per heavy atom. The van der Waals surface area contributed by atoms with Gasteiger partial charge in [0, 0.05) is 0 Å². The van der Waals surface area contributed by atoms with Crippen molar-refractivity contribution in [3.05, 3.63) is 66.2 Å². The van der Waals surface area contributed by atoms with Gasteiger partial charge in [-0.15, -0.1) is 0 Å². The summed E-state index contributed by atoms with van der Waals surface area (Å²) in [5.41, 5.74) is -0.0602. The highest BCUT2D eigenvalue weighted by Gasteiger charge is 2.09. The summed E-state index contributed by atoms with van der Waals surface area (Å²) in [6.45, 7) is 0. The SMILES string of the molecule is O=C(O)c1ccccc1OO.c1ccccc1. The van der Waals surface area contributed by atoms with Crippen LogP contribution in [-0.2, 0) is 0 Å². The molecule has 0 radical (unpaired) electrons. The minimum absolute atomic E-state index is 0.0556. The molecule has 0 atom stereocenters. The van der Waals surface area contributed by atoms with Crippen LogP contribution in [-0.4, -0.2) is 16.3 Å². The summed E-state index contributed by atoms with van der Waals surface area (Å²) < 4.78 is 0. The van der Waals surface area contributed by atoms with Gasteiger partial charge >= 0.3 is 5.97 Å². The number of hydrogen-bond donors (Lipinski definition) is 2. The third-order valence-corrected chi connectivity index (χ3v) is 1.88. The fraction of sp³-hybridized carbons (Fsp3) is 0. The van der Waals surface area contributed by atoms with Crippen LogP contribution < -0.4 is 4.89 Å². The van der Waals surface area contributed by atoms with Gasteiger partial charge in [0.25, 0.3) is 0 Å². The molecule has 0 saturated carbocycles. The first-order valence-electron chi connectivity index (χ1n) is 4.89. The van der Waals surface area contributed by atoms with Gasteiger partial charge in [-0.3, -0.25) is 0 Å². The van der Waals surface area contributed by atoms with Gasteiger partial charge in [0.15, 0.2) is 5.75 Å². The average molecular weight is 232 g/mol. The molecule has 0 aromatic heterocycles. The van der Waals surface area contributed by atoms with E-state index in [4.69, 9.17) is 10.4 Å². The van der Waals surface area contributed by atoms with Crippen molar-refractivity contribution in [3.8, 4) is 5.75 Å². The van der Waals surface area contributed by atoms with E-state index < -0.39 is 5.97 Å². The maximum absolute atomic E-state index is 10.4. The Bertz CT molecular complexity index is 427. The molecule has 4 heteroatoms. The van der Waals surface area contributed by atoms with E-state index in [2.05, 4.69) is 4.89 Å². The molecule has 2 rings (SSSR count). The fourth-order valence-electron chi connectivity index (χ4n) is 1.11. The number of aromatic carboxylic acids is 1. The molecule has 0 fully saturated rings. The zero-order valence-electron chi connectivity index (χ0n) is 8.98. The summed E-state index contributed by atoms with van der Waals surface area (Å²) >= 11 is 0. The monoisotopic (exact) mass is 232 g/mol. The molecule has 0 aliphatic carbocycles. The second-order valence-corrected chi connectivity index (χ2v) is 3.05. The van der Waals surface area contributed by atoms with Crippen LogP contribution in [0.2, 0.25) is 0 Å². The standard InChI is InChI=1S/C7H6O4.C6H6/c8-7(9)5-3-1-2-4-6(5)11-10;1-2-4-6-5-3-1/h1-4,10H,(H,8,9);1-6H. The van der Waals surface area contributed by atoms with Crippen LogP contribution >= 0.6 is 0 Å². The molecule has 0 amide bonds. The Morgan fingerprint density at radius 1 is 0.882 bits per heavy atom. The molecule has 2 N–H and O–H groups in total. The molecule has 0 aliphatic rings. The molecule has 0 bridgehead atoms. The topological polar surface area (TPSA) is 66.8 Å². The van der Waals surface area contributed by atoms with Gasteiger partial charge in [-0.2, -0.15) is 0 Å². The normalized spacial score (nSPS) is 8.76. The molecule has 0 saturated heterocycles. The molecule has 4 nitrogen and oxygen atoms in total. The van der Waals surface area contributed by atoms with Crippen LogP contribution in [0.4, 0.5) is 0 Å². The van der Waals surface area contributed by atoms with E-state index in [9.17, 15) is 4.79 Å². The van der Waals surface area contributed by atoms with Gasteiger partial charge in [-0.25, -0.2) is 10.1 Å². The van der Waals surface area contributed by atoms with Gasteiger partial charge < -0.3 is 9.99 Å². The molecule has 17 heavy (non-hydrogen) atoms. The Morgan fingerprint density at radius 2 is 1.35 bits per heavy atom. The predicted octanol–water partition coefficient (Wildman–Crippen LogP) is 2.92. The summed E-state index contributed by atoms with van der Waals surface area (Å²) in [7, 11) is 0. The van der Waals surface area contributed by atoms with Crippen LogP contribution in [0.1, 0.15) is 10.4 Å². The van der Waals surface area contributed by atoms with Crippen molar-refractivity contribution in [2.45, 2.75) is 0 Å². The predicted molar refractivity (Wildman–Crippen MR) is 63.1 cm³/mol. The van der Waals surface area contributed by atoms with Crippen molar-refractivity contribution >= 4 is 5.97 Å². The van der Waals surface area contributed by atoms with Crippen molar-refractivity contribution in [2.24, 2.45) is 0 Å². The molecular formula is C13H12O4. The van der Waals surface area contributed by atoms with Gasteiger partial charge in [-0.05, 0) is 12.1 Å². The van der Waals surface area contributed by atoms with Gasteiger partial charge in [0.05, 0.1) is 0 Å². The molecular weight excluding hydrogens is 220 g/mol. The summed E-state index contributed by atoms with van der Waals surface area (Å²) in [6, 6.07) is 17.8. The van der Waals surface area contributed by atoms with Gasteiger partial charge in [-0.1, -0.05) is 48.5 Å². The molecule has 2 aromatic rings. The van der Waals surface area contributed by atoms with Crippen molar-refractivity contribution < 1.29 is 20.0 Å². The second-order valence-electron chi connectivity index (χ2n) is 3.05. The highest BCUT2D eigenvalue weighted by atomic mass is 17.1. The smallest absolute Gasteiger partial charge is 0.339 e. The second kappa shape index (κ2) is 7.03. The number of carboxylic acid groups (broad SMARTS) is 1. The Labute approximate surface area is 98.7 Å². The Kier molecular flexibility index (Phi) is 5.27. The number of para-hydroxylation sites is 1. The van der Waals surface area contributed by atoms with Crippen LogP contribution in [0.25, 0.3) is 0 Å². The van der Waals surface area contributed by atoms with Crippen molar-refractivity contribution in [1.29, 1.82) is 0 Å². The third-order valence-electron chi connectivity index (χ3n) is 1.88. The summed E-state index contributed by atoms with van der Waals surface area (Å²) in [5, 5.41) is 16.7. The number of carbonyl (C=O) groups is 1. The Balaban J connectivity index is 0.000000202. The van der Waals surface area contributed by atoms with Crippen LogP contribution in [0.15, 0.2) is 60.7 Å². The Hall–Kier alpha value is -2.33. The van der Waals surface area contributed by atoms with E-state index in [0.717, 1.165) is 0 Å². The largest absolute Gasteiger partial charge is 0.478 e. The van der Waals surface area contributed by atoms with Crippen LogP contribution in [0.5, 0.6) is 5.75 Å². The first kappa shape index (κ1) is 12.7. The molecule has 88 valence electrons. The third kappa shape index (κ3) is 4.36. The minimum atomic E-state index is -1.13. The van der Waals surface area contributed by atoms with E-state index in [-0.39, 0.29) is 11.3 Å². The number of rotatable bonds is 2. The number of carboxylic acids is 1. The van der Waals surface area contributed by atoms with E-state index in [1.165, 1.54) is 12.1 Å².